The number of carbonyl (C=O) groups excluding carboxylic acids is 1. The van der Waals surface area contributed by atoms with Crippen LogP contribution < -0.4 is 20.3 Å². The predicted molar refractivity (Wildman–Crippen MR) is 131 cm³/mol. The number of hydrogen-bond donors (Lipinski definition) is 2. The standard InChI is InChI=1S/C26H32N4O2/c1-4-32-24-12-8-6-10-21(24)26(31)28-19-15-13-18(14-16-19)27-25-17-23(30(2)3)20-9-5-7-11-22(20)29-25/h5-12,17-19H,4,13-16H2,1-3H3,(H,27,29)(H,28,31)/t18-,19+. The van der Waals surface area contributed by atoms with Crippen LogP contribution in [-0.2, 0) is 0 Å². The molecular formula is C26H32N4O2. The van der Waals surface area contributed by atoms with Crippen LogP contribution >= 0.6 is 0 Å². The van der Waals surface area contributed by atoms with E-state index in [1.807, 2.05) is 43.3 Å². The van der Waals surface area contributed by atoms with Gasteiger partial charge in [-0.05, 0) is 50.8 Å². The van der Waals surface area contributed by atoms with Crippen molar-refractivity contribution in [2.24, 2.45) is 0 Å². The molecule has 32 heavy (non-hydrogen) atoms. The van der Waals surface area contributed by atoms with Crippen LogP contribution in [0.1, 0.15) is 43.0 Å². The molecule has 0 spiro atoms. The number of nitrogens with one attached hydrogen (secondary N) is 2. The van der Waals surface area contributed by atoms with Crippen molar-refractivity contribution in [2.75, 3.05) is 30.9 Å². The molecule has 0 unspecified atom stereocenters. The van der Waals surface area contributed by atoms with Gasteiger partial charge in [0, 0.05) is 43.3 Å². The molecule has 6 heteroatoms. The highest BCUT2D eigenvalue weighted by Crippen LogP contribution is 2.29. The average Bonchev–Trinajstić information content (AvgIpc) is 2.80. The van der Waals surface area contributed by atoms with Crippen molar-refractivity contribution in [3.63, 3.8) is 0 Å². The van der Waals surface area contributed by atoms with Gasteiger partial charge in [-0.1, -0.05) is 30.3 Å². The summed E-state index contributed by atoms with van der Waals surface area (Å²) < 4.78 is 5.61. The van der Waals surface area contributed by atoms with Gasteiger partial charge >= 0.3 is 0 Å². The number of anilines is 2. The fourth-order valence-electron chi connectivity index (χ4n) is 4.39. The minimum absolute atomic E-state index is 0.0581. The van der Waals surface area contributed by atoms with E-state index in [1.54, 1.807) is 0 Å². The summed E-state index contributed by atoms with van der Waals surface area (Å²) in [5.74, 6) is 1.49. The predicted octanol–water partition coefficient (Wildman–Crippen LogP) is 4.85. The molecule has 2 aromatic carbocycles. The van der Waals surface area contributed by atoms with E-state index in [0.717, 1.165) is 48.1 Å². The first-order valence-corrected chi connectivity index (χ1v) is 11.4. The van der Waals surface area contributed by atoms with E-state index in [4.69, 9.17) is 9.72 Å². The number of aromatic nitrogens is 1. The maximum atomic E-state index is 12.8. The molecule has 1 aliphatic rings. The number of para-hydroxylation sites is 2. The van der Waals surface area contributed by atoms with E-state index in [0.29, 0.717) is 24.0 Å². The molecule has 0 bridgehead atoms. The summed E-state index contributed by atoms with van der Waals surface area (Å²) in [4.78, 5) is 19.7. The van der Waals surface area contributed by atoms with E-state index in [-0.39, 0.29) is 11.9 Å². The van der Waals surface area contributed by atoms with Gasteiger partial charge in [-0.15, -0.1) is 0 Å². The lowest BCUT2D eigenvalue weighted by atomic mass is 9.91. The van der Waals surface area contributed by atoms with E-state index in [9.17, 15) is 4.79 Å². The summed E-state index contributed by atoms with van der Waals surface area (Å²) in [6, 6.07) is 18.3. The monoisotopic (exact) mass is 432 g/mol. The van der Waals surface area contributed by atoms with E-state index >= 15 is 0 Å². The number of rotatable bonds is 7. The Bertz CT molecular complexity index is 1070. The molecule has 0 radical (unpaired) electrons. The van der Waals surface area contributed by atoms with Gasteiger partial charge in [0.25, 0.3) is 5.91 Å². The molecule has 1 amide bonds. The summed E-state index contributed by atoms with van der Waals surface area (Å²) in [5, 5.41) is 7.98. The van der Waals surface area contributed by atoms with Gasteiger partial charge in [0.1, 0.15) is 11.6 Å². The van der Waals surface area contributed by atoms with Crippen LogP contribution in [0.5, 0.6) is 5.75 Å². The van der Waals surface area contributed by atoms with Crippen LogP contribution in [0.3, 0.4) is 0 Å². The zero-order valence-electron chi connectivity index (χ0n) is 19.1. The highest BCUT2D eigenvalue weighted by molar-refractivity contribution is 5.97. The summed E-state index contributed by atoms with van der Waals surface area (Å²) in [6.07, 6.45) is 3.86. The zero-order valence-corrected chi connectivity index (χ0v) is 19.1. The quantitative estimate of drug-likeness (QED) is 0.559. The zero-order chi connectivity index (χ0) is 22.5. The summed E-state index contributed by atoms with van der Waals surface area (Å²) in [7, 11) is 4.12. The van der Waals surface area contributed by atoms with Crippen molar-refractivity contribution in [2.45, 2.75) is 44.7 Å². The molecule has 1 heterocycles. The van der Waals surface area contributed by atoms with Gasteiger partial charge in [0.2, 0.25) is 0 Å². The molecule has 6 nitrogen and oxygen atoms in total. The molecule has 4 rings (SSSR count). The lowest BCUT2D eigenvalue weighted by molar-refractivity contribution is 0.0922. The van der Waals surface area contributed by atoms with Crippen molar-refractivity contribution in [1.82, 2.24) is 10.3 Å². The fraction of sp³-hybridized carbons (Fsp3) is 0.385. The van der Waals surface area contributed by atoms with Crippen LogP contribution in [0.2, 0.25) is 0 Å². The van der Waals surface area contributed by atoms with Crippen LogP contribution in [0.4, 0.5) is 11.5 Å². The molecule has 1 aliphatic carbocycles. The Hall–Kier alpha value is -3.28. The number of amides is 1. The van der Waals surface area contributed by atoms with Gasteiger partial charge in [-0.2, -0.15) is 0 Å². The third kappa shape index (κ3) is 4.96. The molecule has 0 saturated heterocycles. The maximum Gasteiger partial charge on any atom is 0.255 e. The Morgan fingerprint density at radius 2 is 1.72 bits per heavy atom. The number of benzene rings is 2. The largest absolute Gasteiger partial charge is 0.493 e. The van der Waals surface area contributed by atoms with E-state index < -0.39 is 0 Å². The van der Waals surface area contributed by atoms with Gasteiger partial charge in [-0.3, -0.25) is 4.79 Å². The highest BCUT2D eigenvalue weighted by atomic mass is 16.5. The van der Waals surface area contributed by atoms with Crippen molar-refractivity contribution >= 4 is 28.3 Å². The number of hydrogen-bond acceptors (Lipinski definition) is 5. The Morgan fingerprint density at radius 1 is 1.03 bits per heavy atom. The molecule has 1 saturated carbocycles. The smallest absolute Gasteiger partial charge is 0.255 e. The SMILES string of the molecule is CCOc1ccccc1C(=O)N[C@H]1CC[C@@H](Nc2cc(N(C)C)c3ccccc3n2)CC1. The molecule has 0 aliphatic heterocycles. The van der Waals surface area contributed by atoms with Crippen molar-refractivity contribution < 1.29 is 9.53 Å². The van der Waals surface area contributed by atoms with Gasteiger partial charge < -0.3 is 20.3 Å². The molecular weight excluding hydrogens is 400 g/mol. The third-order valence-corrected chi connectivity index (χ3v) is 6.02. The van der Waals surface area contributed by atoms with Crippen molar-refractivity contribution in [3.05, 3.63) is 60.2 Å². The summed E-state index contributed by atoms with van der Waals surface area (Å²) in [6.45, 7) is 2.47. The number of nitrogens with zero attached hydrogens (tertiary/aromatic N) is 2. The van der Waals surface area contributed by atoms with Crippen LogP contribution in [0, 0.1) is 0 Å². The molecule has 1 aromatic heterocycles. The first-order chi connectivity index (χ1) is 15.5. The van der Waals surface area contributed by atoms with E-state index in [1.165, 1.54) is 0 Å². The Balaban J connectivity index is 1.37. The first kappa shape index (κ1) is 21.9. The van der Waals surface area contributed by atoms with Crippen LogP contribution in [0.15, 0.2) is 54.6 Å². The number of pyridine rings is 1. The molecule has 0 atom stereocenters. The Labute approximate surface area is 190 Å². The minimum atomic E-state index is -0.0581. The van der Waals surface area contributed by atoms with Crippen molar-refractivity contribution in [3.8, 4) is 5.75 Å². The number of ether oxygens (including phenoxy) is 1. The fourth-order valence-corrected chi connectivity index (χ4v) is 4.39. The second-order valence-electron chi connectivity index (χ2n) is 8.53. The molecule has 2 N–H and O–H groups in total. The summed E-state index contributed by atoms with van der Waals surface area (Å²) in [5.41, 5.74) is 2.76. The lowest BCUT2D eigenvalue weighted by Gasteiger charge is -2.30. The lowest BCUT2D eigenvalue weighted by Crippen LogP contribution is -2.40. The molecule has 1 fully saturated rings. The minimum Gasteiger partial charge on any atom is -0.493 e. The number of fused-ring (bicyclic) bond motifs is 1. The third-order valence-electron chi connectivity index (χ3n) is 6.02. The van der Waals surface area contributed by atoms with Gasteiger partial charge in [0.05, 0.1) is 17.7 Å². The van der Waals surface area contributed by atoms with Crippen LogP contribution in [-0.4, -0.2) is 43.7 Å². The maximum absolute atomic E-state index is 12.8. The second kappa shape index (κ2) is 9.90. The van der Waals surface area contributed by atoms with E-state index in [2.05, 4.69) is 47.8 Å². The average molecular weight is 433 g/mol. The first-order valence-electron chi connectivity index (χ1n) is 11.4. The van der Waals surface area contributed by atoms with Gasteiger partial charge in [0.15, 0.2) is 0 Å². The Morgan fingerprint density at radius 3 is 2.47 bits per heavy atom. The van der Waals surface area contributed by atoms with Crippen molar-refractivity contribution in [1.29, 1.82) is 0 Å². The topological polar surface area (TPSA) is 66.5 Å². The van der Waals surface area contributed by atoms with Crippen LogP contribution in [0.25, 0.3) is 10.9 Å². The van der Waals surface area contributed by atoms with Gasteiger partial charge in [-0.25, -0.2) is 4.98 Å². The molecule has 168 valence electrons. The Kier molecular flexibility index (Phi) is 6.78. The normalized spacial score (nSPS) is 18.2. The highest BCUT2D eigenvalue weighted by Gasteiger charge is 2.24. The number of carbonyl (C=O) groups is 1. The second-order valence-corrected chi connectivity index (χ2v) is 8.53. The summed E-state index contributed by atoms with van der Waals surface area (Å²) >= 11 is 0. The molecule has 3 aromatic rings.